The smallest absolute Gasteiger partial charge is 0.305 e. The second-order valence-corrected chi connectivity index (χ2v) is 10.7. The third-order valence-electron chi connectivity index (χ3n) is 5.52. The van der Waals surface area contributed by atoms with Crippen LogP contribution in [0.15, 0.2) is 85.3 Å². The third-order valence-corrected chi connectivity index (χ3v) is 6.18. The molecule has 1 heterocycles. The maximum absolute atomic E-state index is 13.5. The number of hydrogen-bond acceptors (Lipinski definition) is 6. The Morgan fingerprint density at radius 1 is 1.03 bits per heavy atom. The van der Waals surface area contributed by atoms with Crippen molar-refractivity contribution < 1.29 is 19.1 Å². The highest BCUT2D eigenvalue weighted by atomic mass is 35.6. The molecule has 204 valence electrons. The van der Waals surface area contributed by atoms with Crippen LogP contribution in [0.25, 0.3) is 17.0 Å². The number of hydrogen-bond donors (Lipinski definition) is 2. The van der Waals surface area contributed by atoms with E-state index in [-0.39, 0.29) is 25.1 Å². The zero-order valence-electron chi connectivity index (χ0n) is 21.1. The van der Waals surface area contributed by atoms with Gasteiger partial charge in [-0.25, -0.2) is 0 Å². The van der Waals surface area contributed by atoms with Crippen LogP contribution in [0.3, 0.4) is 0 Å². The number of halogens is 3. The average Bonchev–Trinajstić information content (AvgIpc) is 2.91. The Morgan fingerprint density at radius 3 is 2.44 bits per heavy atom. The summed E-state index contributed by atoms with van der Waals surface area (Å²) in [4.78, 5) is 43.4. The molecule has 1 aromatic heterocycles. The van der Waals surface area contributed by atoms with Gasteiger partial charge in [0.15, 0.2) is 0 Å². The van der Waals surface area contributed by atoms with Gasteiger partial charge >= 0.3 is 5.97 Å². The summed E-state index contributed by atoms with van der Waals surface area (Å²) in [6.45, 7) is 4.00. The molecule has 3 aromatic rings. The number of nitrogens with one attached hydrogen (secondary N) is 2. The van der Waals surface area contributed by atoms with Crippen molar-refractivity contribution in [2.24, 2.45) is 0 Å². The molecule has 11 heteroatoms. The lowest BCUT2D eigenvalue weighted by atomic mass is 10.1. The number of esters is 1. The van der Waals surface area contributed by atoms with E-state index in [1.165, 1.54) is 18.1 Å². The Labute approximate surface area is 241 Å². The molecule has 0 aliphatic heterocycles. The second kappa shape index (κ2) is 14.0. The molecule has 3 rings (SSSR count). The SMILES string of the molecule is C=C(NC(NC(=O)/C=C/c1ccccc1)C(Cl)(Cl)Cl)N(C(=O)CCCC(=O)OC)c1cccc2cccnc12. The number of carbonyl (C=O) groups is 3. The van der Waals surface area contributed by atoms with Crippen LogP contribution in [0.4, 0.5) is 5.69 Å². The summed E-state index contributed by atoms with van der Waals surface area (Å²) < 4.78 is 2.65. The Morgan fingerprint density at radius 2 is 1.74 bits per heavy atom. The average molecular weight is 590 g/mol. The first-order valence-electron chi connectivity index (χ1n) is 11.9. The maximum Gasteiger partial charge on any atom is 0.305 e. The number of anilines is 1. The summed E-state index contributed by atoms with van der Waals surface area (Å²) in [5.41, 5.74) is 1.76. The Hall–Kier alpha value is -3.59. The molecule has 2 N–H and O–H groups in total. The van der Waals surface area contributed by atoms with Gasteiger partial charge in [-0.05, 0) is 30.2 Å². The quantitative estimate of drug-likeness (QED) is 0.133. The third kappa shape index (κ3) is 8.71. The maximum atomic E-state index is 13.5. The van der Waals surface area contributed by atoms with Gasteiger partial charge in [-0.3, -0.25) is 24.3 Å². The Bertz CT molecular complexity index is 1350. The molecule has 8 nitrogen and oxygen atoms in total. The lowest BCUT2D eigenvalue weighted by Crippen LogP contribution is -2.55. The van der Waals surface area contributed by atoms with Gasteiger partial charge in [-0.1, -0.05) is 89.9 Å². The molecule has 39 heavy (non-hydrogen) atoms. The fourth-order valence-electron chi connectivity index (χ4n) is 3.65. The molecule has 0 fully saturated rings. The minimum Gasteiger partial charge on any atom is -0.469 e. The van der Waals surface area contributed by atoms with Gasteiger partial charge in [0.2, 0.25) is 15.6 Å². The van der Waals surface area contributed by atoms with Crippen molar-refractivity contribution in [1.82, 2.24) is 15.6 Å². The van der Waals surface area contributed by atoms with Gasteiger partial charge in [-0.2, -0.15) is 0 Å². The van der Waals surface area contributed by atoms with E-state index >= 15 is 0 Å². The summed E-state index contributed by atoms with van der Waals surface area (Å²) in [7, 11) is 1.28. The normalized spacial score (nSPS) is 12.1. The highest BCUT2D eigenvalue weighted by Gasteiger charge is 2.35. The predicted octanol–water partition coefficient (Wildman–Crippen LogP) is 5.50. The molecule has 0 spiro atoms. The van der Waals surface area contributed by atoms with Crippen molar-refractivity contribution >= 4 is 75.3 Å². The summed E-state index contributed by atoms with van der Waals surface area (Å²) in [5.74, 6) is -1.34. The van der Waals surface area contributed by atoms with E-state index in [0.29, 0.717) is 11.2 Å². The first-order chi connectivity index (χ1) is 18.6. The van der Waals surface area contributed by atoms with Gasteiger partial charge in [0, 0.05) is 30.5 Å². The van der Waals surface area contributed by atoms with Crippen molar-refractivity contribution in [3.8, 4) is 0 Å². The van der Waals surface area contributed by atoms with Gasteiger partial charge in [0.1, 0.15) is 12.0 Å². The van der Waals surface area contributed by atoms with Gasteiger partial charge in [0.25, 0.3) is 0 Å². The number of para-hydroxylation sites is 1. The largest absolute Gasteiger partial charge is 0.469 e. The van der Waals surface area contributed by atoms with Crippen LogP contribution in [0, 0.1) is 0 Å². The fourth-order valence-corrected chi connectivity index (χ4v) is 3.98. The van der Waals surface area contributed by atoms with E-state index in [2.05, 4.69) is 26.9 Å². The van der Waals surface area contributed by atoms with Crippen LogP contribution >= 0.6 is 34.8 Å². The van der Waals surface area contributed by atoms with Crippen LogP contribution in [0.1, 0.15) is 24.8 Å². The molecule has 2 aromatic carbocycles. The molecule has 0 saturated carbocycles. The highest BCUT2D eigenvalue weighted by Crippen LogP contribution is 2.32. The molecule has 0 radical (unpaired) electrons. The van der Waals surface area contributed by atoms with E-state index in [1.807, 2.05) is 42.5 Å². The summed E-state index contributed by atoms with van der Waals surface area (Å²) in [5, 5.41) is 6.25. The van der Waals surface area contributed by atoms with Crippen molar-refractivity contribution in [2.75, 3.05) is 12.0 Å². The van der Waals surface area contributed by atoms with Gasteiger partial charge < -0.3 is 15.4 Å². The van der Waals surface area contributed by atoms with E-state index < -0.39 is 27.7 Å². The van der Waals surface area contributed by atoms with Crippen LogP contribution < -0.4 is 15.5 Å². The summed E-state index contributed by atoms with van der Waals surface area (Å²) >= 11 is 18.6. The summed E-state index contributed by atoms with van der Waals surface area (Å²) in [6.07, 6.45) is 3.53. The van der Waals surface area contributed by atoms with Crippen molar-refractivity contribution in [2.45, 2.75) is 29.2 Å². The number of alkyl halides is 3. The van der Waals surface area contributed by atoms with E-state index in [4.69, 9.17) is 34.8 Å². The first kappa shape index (κ1) is 30.0. The second-order valence-electron chi connectivity index (χ2n) is 8.33. The zero-order chi connectivity index (χ0) is 28.4. The Kier molecular flexibility index (Phi) is 10.7. The van der Waals surface area contributed by atoms with E-state index in [0.717, 1.165) is 10.9 Å². The van der Waals surface area contributed by atoms with Crippen LogP contribution in [-0.4, -0.2) is 39.8 Å². The van der Waals surface area contributed by atoms with Crippen LogP contribution in [0.5, 0.6) is 0 Å². The number of aromatic nitrogens is 1. The molecule has 0 aliphatic carbocycles. The van der Waals surface area contributed by atoms with Crippen molar-refractivity contribution in [3.05, 3.63) is 90.9 Å². The molecular weight excluding hydrogens is 563 g/mol. The molecule has 0 aliphatic rings. The molecule has 0 saturated heterocycles. The van der Waals surface area contributed by atoms with E-state index in [1.54, 1.807) is 30.5 Å². The molecule has 1 unspecified atom stereocenters. The van der Waals surface area contributed by atoms with E-state index in [9.17, 15) is 14.4 Å². The number of rotatable bonds is 11. The number of methoxy groups -OCH3 is 1. The first-order valence-corrected chi connectivity index (χ1v) is 13.0. The molecular formula is C28H27Cl3N4O4. The summed E-state index contributed by atoms with van der Waals surface area (Å²) in [6, 6.07) is 18.2. The minimum atomic E-state index is -2.02. The number of benzene rings is 2. The highest BCUT2D eigenvalue weighted by molar-refractivity contribution is 6.68. The van der Waals surface area contributed by atoms with Crippen molar-refractivity contribution in [1.29, 1.82) is 0 Å². The number of amides is 2. The topological polar surface area (TPSA) is 101 Å². The number of pyridine rings is 1. The zero-order valence-corrected chi connectivity index (χ0v) is 23.3. The minimum absolute atomic E-state index is 0.0103. The van der Waals surface area contributed by atoms with Crippen LogP contribution in [0.2, 0.25) is 0 Å². The van der Waals surface area contributed by atoms with Crippen LogP contribution in [-0.2, 0) is 19.1 Å². The number of fused-ring (bicyclic) bond motifs is 1. The number of carbonyl (C=O) groups excluding carboxylic acids is 3. The molecule has 2 amide bonds. The molecule has 0 bridgehead atoms. The van der Waals surface area contributed by atoms with Crippen molar-refractivity contribution in [3.63, 3.8) is 0 Å². The van der Waals surface area contributed by atoms with Gasteiger partial charge in [-0.15, -0.1) is 0 Å². The molecule has 1 atom stereocenters. The number of nitrogens with zero attached hydrogens (tertiary/aromatic N) is 2. The Balaban J connectivity index is 1.87. The standard InChI is InChI=1S/C28H27Cl3N4O4/c1-19(33-27(28(29,30)31)34-23(36)17-16-20-9-4-3-5-10-20)35(24(37)14-7-15-25(38)39-2)22-13-6-11-21-12-8-18-32-26(21)22/h3-6,8-13,16-18,27,33H,1,7,14-15H2,2H3,(H,34,36)/b17-16+. The predicted molar refractivity (Wildman–Crippen MR) is 155 cm³/mol. The number of ether oxygens (including phenoxy) is 1. The lowest BCUT2D eigenvalue weighted by molar-refractivity contribution is -0.140. The monoisotopic (exact) mass is 588 g/mol. The van der Waals surface area contributed by atoms with Gasteiger partial charge in [0.05, 0.1) is 18.3 Å². The fraction of sp³-hybridized carbons (Fsp3) is 0.214. The lowest BCUT2D eigenvalue weighted by Gasteiger charge is -2.32.